The SMILES string of the molecule is CCS(=O)(=O)CCCNCC1C(C)(C)C1(C)C. The van der Waals surface area contributed by atoms with Gasteiger partial charge in [0, 0.05) is 5.75 Å². The topological polar surface area (TPSA) is 46.2 Å². The van der Waals surface area contributed by atoms with Gasteiger partial charge in [-0.25, -0.2) is 8.42 Å². The zero-order valence-corrected chi connectivity index (χ0v) is 12.7. The van der Waals surface area contributed by atoms with Crippen molar-refractivity contribution in [3.05, 3.63) is 0 Å². The largest absolute Gasteiger partial charge is 0.316 e. The van der Waals surface area contributed by atoms with Crippen molar-refractivity contribution in [1.82, 2.24) is 5.32 Å². The molecule has 1 rings (SSSR count). The summed E-state index contributed by atoms with van der Waals surface area (Å²) >= 11 is 0. The average Bonchev–Trinajstić information content (AvgIpc) is 2.59. The van der Waals surface area contributed by atoms with Crippen LogP contribution in [0.2, 0.25) is 0 Å². The summed E-state index contributed by atoms with van der Waals surface area (Å²) in [6.07, 6.45) is 0.726. The summed E-state index contributed by atoms with van der Waals surface area (Å²) in [5, 5.41) is 3.39. The fourth-order valence-electron chi connectivity index (χ4n) is 2.65. The molecule has 0 bridgehead atoms. The van der Waals surface area contributed by atoms with Gasteiger partial charge in [-0.1, -0.05) is 34.6 Å². The van der Waals surface area contributed by atoms with Crippen LogP contribution in [0.1, 0.15) is 41.0 Å². The normalized spacial score (nSPS) is 22.6. The van der Waals surface area contributed by atoms with Crippen LogP contribution in [0, 0.1) is 16.7 Å². The molecule has 0 aromatic rings. The molecule has 0 unspecified atom stereocenters. The quantitative estimate of drug-likeness (QED) is 0.714. The van der Waals surface area contributed by atoms with Gasteiger partial charge < -0.3 is 5.32 Å². The van der Waals surface area contributed by atoms with E-state index in [1.54, 1.807) is 6.92 Å². The van der Waals surface area contributed by atoms with E-state index >= 15 is 0 Å². The third-order valence-electron chi connectivity index (χ3n) is 4.92. The highest BCUT2D eigenvalue weighted by Crippen LogP contribution is 2.67. The van der Waals surface area contributed by atoms with Crippen molar-refractivity contribution in [1.29, 1.82) is 0 Å². The summed E-state index contributed by atoms with van der Waals surface area (Å²) in [6, 6.07) is 0. The van der Waals surface area contributed by atoms with Crippen LogP contribution in [0.25, 0.3) is 0 Å². The van der Waals surface area contributed by atoms with Crippen molar-refractivity contribution < 1.29 is 8.42 Å². The van der Waals surface area contributed by atoms with Crippen molar-refractivity contribution >= 4 is 9.84 Å². The Bertz CT molecular complexity index is 344. The highest BCUT2D eigenvalue weighted by Gasteiger charge is 2.63. The van der Waals surface area contributed by atoms with Gasteiger partial charge in [0.05, 0.1) is 5.75 Å². The third kappa shape index (κ3) is 3.22. The lowest BCUT2D eigenvalue weighted by Crippen LogP contribution is -2.23. The molecule has 1 fully saturated rings. The van der Waals surface area contributed by atoms with E-state index in [1.165, 1.54) is 0 Å². The van der Waals surface area contributed by atoms with E-state index in [0.29, 0.717) is 22.5 Å². The maximum Gasteiger partial charge on any atom is 0.150 e. The monoisotopic (exact) mass is 261 g/mol. The first-order chi connectivity index (χ1) is 7.65. The molecular weight excluding hydrogens is 234 g/mol. The zero-order chi connectivity index (χ0) is 13.3. The minimum atomic E-state index is -2.79. The van der Waals surface area contributed by atoms with E-state index in [1.807, 2.05) is 0 Å². The number of hydrogen-bond acceptors (Lipinski definition) is 3. The van der Waals surface area contributed by atoms with Gasteiger partial charge in [0.1, 0.15) is 9.84 Å². The van der Waals surface area contributed by atoms with Crippen LogP contribution >= 0.6 is 0 Å². The van der Waals surface area contributed by atoms with Crippen LogP contribution in [0.3, 0.4) is 0 Å². The first-order valence-corrected chi connectivity index (χ1v) is 8.38. The number of nitrogens with one attached hydrogen (secondary N) is 1. The van der Waals surface area contributed by atoms with Crippen molar-refractivity contribution in [2.75, 3.05) is 24.6 Å². The minimum absolute atomic E-state index is 0.260. The molecule has 0 aromatic carbocycles. The molecule has 0 saturated heterocycles. The van der Waals surface area contributed by atoms with Gasteiger partial charge in [-0.3, -0.25) is 0 Å². The zero-order valence-electron chi connectivity index (χ0n) is 11.8. The van der Waals surface area contributed by atoms with Gasteiger partial charge in [0.25, 0.3) is 0 Å². The molecule has 0 spiro atoms. The summed E-state index contributed by atoms with van der Waals surface area (Å²) < 4.78 is 22.6. The molecule has 0 radical (unpaired) electrons. The number of sulfone groups is 1. The van der Waals surface area contributed by atoms with E-state index in [-0.39, 0.29) is 5.75 Å². The van der Waals surface area contributed by atoms with Crippen LogP contribution in [-0.2, 0) is 9.84 Å². The van der Waals surface area contributed by atoms with E-state index in [4.69, 9.17) is 0 Å². The lowest BCUT2D eigenvalue weighted by Gasteiger charge is -2.06. The Kier molecular flexibility index (Phi) is 4.30. The lowest BCUT2D eigenvalue weighted by atomic mass is 10.0. The van der Waals surface area contributed by atoms with E-state index in [2.05, 4.69) is 33.0 Å². The van der Waals surface area contributed by atoms with E-state index < -0.39 is 9.84 Å². The Labute approximate surface area is 106 Å². The Morgan fingerprint density at radius 3 is 2.06 bits per heavy atom. The van der Waals surface area contributed by atoms with Gasteiger partial charge in [0.15, 0.2) is 0 Å². The first kappa shape index (κ1) is 15.0. The van der Waals surface area contributed by atoms with Crippen LogP contribution in [0.4, 0.5) is 0 Å². The predicted octanol–water partition coefficient (Wildman–Crippen LogP) is 2.08. The lowest BCUT2D eigenvalue weighted by molar-refractivity contribution is 0.457. The van der Waals surface area contributed by atoms with Crippen molar-refractivity contribution in [2.24, 2.45) is 16.7 Å². The second kappa shape index (κ2) is 4.88. The Hall–Kier alpha value is -0.0900. The van der Waals surface area contributed by atoms with Crippen LogP contribution in [0.15, 0.2) is 0 Å². The molecule has 1 aliphatic rings. The predicted molar refractivity (Wildman–Crippen MR) is 72.9 cm³/mol. The molecule has 0 aromatic heterocycles. The smallest absolute Gasteiger partial charge is 0.150 e. The molecule has 1 aliphatic carbocycles. The highest BCUT2D eigenvalue weighted by molar-refractivity contribution is 7.91. The Morgan fingerprint density at radius 1 is 1.12 bits per heavy atom. The summed E-state index contributed by atoms with van der Waals surface area (Å²) in [7, 11) is -2.79. The standard InChI is InChI=1S/C13H27NO2S/c1-6-17(15,16)9-7-8-14-10-11-12(2,3)13(11,4)5/h11,14H,6-10H2,1-5H3. The first-order valence-electron chi connectivity index (χ1n) is 6.56. The molecule has 3 nitrogen and oxygen atoms in total. The number of rotatable bonds is 7. The molecule has 0 aliphatic heterocycles. The summed E-state index contributed by atoms with van der Waals surface area (Å²) in [5.41, 5.74) is 0.824. The number of hydrogen-bond donors (Lipinski definition) is 1. The maximum atomic E-state index is 11.3. The molecule has 17 heavy (non-hydrogen) atoms. The van der Waals surface area contributed by atoms with Crippen LogP contribution < -0.4 is 5.32 Å². The molecule has 102 valence electrons. The Morgan fingerprint density at radius 2 is 1.65 bits per heavy atom. The van der Waals surface area contributed by atoms with E-state index in [0.717, 1.165) is 19.5 Å². The average molecular weight is 261 g/mol. The fraction of sp³-hybridized carbons (Fsp3) is 1.00. The maximum absolute atomic E-state index is 11.3. The van der Waals surface area contributed by atoms with Crippen molar-refractivity contribution in [3.63, 3.8) is 0 Å². The Balaban J connectivity index is 2.15. The van der Waals surface area contributed by atoms with Gasteiger partial charge in [-0.05, 0) is 36.3 Å². The molecule has 1 N–H and O–H groups in total. The second-order valence-corrected chi connectivity index (χ2v) is 8.76. The van der Waals surface area contributed by atoms with Gasteiger partial charge >= 0.3 is 0 Å². The molecule has 0 heterocycles. The van der Waals surface area contributed by atoms with Gasteiger partial charge in [-0.15, -0.1) is 0 Å². The third-order valence-corrected chi connectivity index (χ3v) is 6.71. The van der Waals surface area contributed by atoms with E-state index in [9.17, 15) is 8.42 Å². The van der Waals surface area contributed by atoms with Gasteiger partial charge in [-0.2, -0.15) is 0 Å². The molecule has 1 saturated carbocycles. The molecule has 4 heteroatoms. The molecular formula is C13H27NO2S. The summed E-state index contributed by atoms with van der Waals surface area (Å²) in [4.78, 5) is 0. The second-order valence-electron chi connectivity index (χ2n) is 6.29. The fourth-order valence-corrected chi connectivity index (χ4v) is 3.52. The summed E-state index contributed by atoms with van der Waals surface area (Å²) in [6.45, 7) is 12.7. The molecule has 0 amide bonds. The van der Waals surface area contributed by atoms with Gasteiger partial charge in [0.2, 0.25) is 0 Å². The van der Waals surface area contributed by atoms with Crippen LogP contribution in [0.5, 0.6) is 0 Å². The molecule has 0 atom stereocenters. The van der Waals surface area contributed by atoms with Crippen LogP contribution in [-0.4, -0.2) is 33.0 Å². The minimum Gasteiger partial charge on any atom is -0.316 e. The summed E-state index contributed by atoms with van der Waals surface area (Å²) in [5.74, 6) is 1.28. The van der Waals surface area contributed by atoms with Crippen molar-refractivity contribution in [2.45, 2.75) is 41.0 Å². The highest BCUT2D eigenvalue weighted by atomic mass is 32.2. The van der Waals surface area contributed by atoms with Crippen molar-refractivity contribution in [3.8, 4) is 0 Å².